The van der Waals surface area contributed by atoms with Crippen molar-refractivity contribution in [1.29, 1.82) is 5.26 Å². The highest BCUT2D eigenvalue weighted by Gasteiger charge is 2.12. The Kier molecular flexibility index (Phi) is 3.78. The quantitative estimate of drug-likeness (QED) is 0.488. The third-order valence-corrected chi connectivity index (χ3v) is 2.29. The fourth-order valence-electron chi connectivity index (χ4n) is 1.38. The molecule has 0 heterocycles. The van der Waals surface area contributed by atoms with Gasteiger partial charge < -0.3 is 5.11 Å². The van der Waals surface area contributed by atoms with E-state index in [1.807, 2.05) is 6.07 Å². The second kappa shape index (κ2) is 5.08. The highest BCUT2D eigenvalue weighted by atomic mass is 16.4. The summed E-state index contributed by atoms with van der Waals surface area (Å²) in [6.45, 7) is 2.96. The van der Waals surface area contributed by atoms with Crippen LogP contribution in [0.1, 0.15) is 23.6 Å². The summed E-state index contributed by atoms with van der Waals surface area (Å²) < 4.78 is 0. The lowest BCUT2D eigenvalue weighted by Gasteiger charge is -2.01. The molecule has 17 heavy (non-hydrogen) atoms. The lowest BCUT2D eigenvalue weighted by molar-refractivity contribution is -0.134. The van der Waals surface area contributed by atoms with Crippen LogP contribution in [0, 0.1) is 18.3 Å². The van der Waals surface area contributed by atoms with Crippen LogP contribution in [0.4, 0.5) is 0 Å². The van der Waals surface area contributed by atoms with Crippen molar-refractivity contribution in [2.75, 3.05) is 0 Å². The molecule has 0 aliphatic rings. The van der Waals surface area contributed by atoms with Crippen molar-refractivity contribution in [3.8, 4) is 6.07 Å². The van der Waals surface area contributed by atoms with Gasteiger partial charge in [-0.25, -0.2) is 4.79 Å². The van der Waals surface area contributed by atoms with Gasteiger partial charge in [0.25, 0.3) is 0 Å². The number of aliphatic carboxylic acids is 1. The van der Waals surface area contributed by atoms with Gasteiger partial charge in [-0.1, -0.05) is 12.1 Å². The van der Waals surface area contributed by atoms with Gasteiger partial charge >= 0.3 is 5.97 Å². The van der Waals surface area contributed by atoms with E-state index < -0.39 is 11.8 Å². The number of rotatable bonds is 3. The van der Waals surface area contributed by atoms with Crippen molar-refractivity contribution in [3.05, 3.63) is 40.5 Å². The van der Waals surface area contributed by atoms with Crippen LogP contribution in [-0.4, -0.2) is 16.9 Å². The van der Waals surface area contributed by atoms with Gasteiger partial charge in [0.2, 0.25) is 0 Å². The van der Waals surface area contributed by atoms with Crippen LogP contribution in [0.2, 0.25) is 0 Å². The van der Waals surface area contributed by atoms with Gasteiger partial charge in [-0.15, -0.1) is 0 Å². The van der Waals surface area contributed by atoms with E-state index in [1.165, 1.54) is 13.0 Å². The van der Waals surface area contributed by atoms with E-state index in [-0.39, 0.29) is 5.57 Å². The van der Waals surface area contributed by atoms with Crippen molar-refractivity contribution in [1.82, 2.24) is 0 Å². The normalized spacial score (nSPS) is 10.8. The smallest absolute Gasteiger partial charge is 0.339 e. The zero-order valence-electron chi connectivity index (χ0n) is 9.52. The Labute approximate surface area is 98.8 Å². The molecule has 0 spiro atoms. The molecule has 0 aliphatic heterocycles. The molecule has 0 bridgehead atoms. The van der Waals surface area contributed by atoms with E-state index in [2.05, 4.69) is 0 Å². The first kappa shape index (κ1) is 12.7. The predicted molar refractivity (Wildman–Crippen MR) is 62.2 cm³/mol. The number of carboxylic acids is 1. The SMILES string of the molecule is CC(=O)/C(=C/c1ccc(C#N)c(C)c1)C(=O)O. The average Bonchev–Trinajstić information content (AvgIpc) is 2.25. The third kappa shape index (κ3) is 3.02. The van der Waals surface area contributed by atoms with Crippen molar-refractivity contribution in [2.24, 2.45) is 0 Å². The molecule has 0 aromatic heterocycles. The van der Waals surface area contributed by atoms with Gasteiger partial charge in [-0.05, 0) is 37.1 Å². The summed E-state index contributed by atoms with van der Waals surface area (Å²) in [6, 6.07) is 6.89. The molecule has 0 saturated carbocycles. The Hall–Kier alpha value is -2.41. The Morgan fingerprint density at radius 3 is 2.47 bits per heavy atom. The van der Waals surface area contributed by atoms with Crippen LogP contribution in [-0.2, 0) is 9.59 Å². The van der Waals surface area contributed by atoms with E-state index in [4.69, 9.17) is 10.4 Å². The summed E-state index contributed by atoms with van der Waals surface area (Å²) in [5.74, 6) is -1.75. The fraction of sp³-hybridized carbons (Fsp3) is 0.154. The third-order valence-electron chi connectivity index (χ3n) is 2.29. The molecule has 1 N–H and O–H groups in total. The highest BCUT2D eigenvalue weighted by Crippen LogP contribution is 2.13. The zero-order chi connectivity index (χ0) is 13.0. The van der Waals surface area contributed by atoms with E-state index >= 15 is 0 Å². The van der Waals surface area contributed by atoms with E-state index in [0.29, 0.717) is 11.1 Å². The topological polar surface area (TPSA) is 78.2 Å². The molecular formula is C13H11NO3. The summed E-state index contributed by atoms with van der Waals surface area (Å²) in [6.07, 6.45) is 1.30. The van der Waals surface area contributed by atoms with Gasteiger partial charge in [-0.3, -0.25) is 4.79 Å². The van der Waals surface area contributed by atoms with Crippen LogP contribution in [0.25, 0.3) is 6.08 Å². The van der Waals surface area contributed by atoms with Gasteiger partial charge in [0.15, 0.2) is 5.78 Å². The molecule has 1 aromatic carbocycles. The molecule has 1 rings (SSSR count). The molecule has 0 amide bonds. The molecule has 0 aliphatic carbocycles. The predicted octanol–water partition coefficient (Wildman–Crippen LogP) is 1.92. The number of aryl methyl sites for hydroxylation is 1. The first-order valence-electron chi connectivity index (χ1n) is 4.92. The number of benzene rings is 1. The molecule has 1 aromatic rings. The monoisotopic (exact) mass is 229 g/mol. The number of carbonyl (C=O) groups is 2. The van der Waals surface area contributed by atoms with Crippen molar-refractivity contribution < 1.29 is 14.7 Å². The Morgan fingerprint density at radius 1 is 1.41 bits per heavy atom. The molecule has 0 atom stereocenters. The zero-order valence-corrected chi connectivity index (χ0v) is 9.52. The summed E-state index contributed by atoms with van der Waals surface area (Å²) in [7, 11) is 0. The van der Waals surface area contributed by atoms with E-state index in [9.17, 15) is 9.59 Å². The van der Waals surface area contributed by atoms with Gasteiger partial charge in [-0.2, -0.15) is 5.26 Å². The summed E-state index contributed by atoms with van der Waals surface area (Å²) in [5, 5.41) is 17.6. The molecule has 4 nitrogen and oxygen atoms in total. The lowest BCUT2D eigenvalue weighted by Crippen LogP contribution is -2.08. The minimum atomic E-state index is -1.25. The Morgan fingerprint density at radius 2 is 2.06 bits per heavy atom. The second-order valence-electron chi connectivity index (χ2n) is 3.61. The second-order valence-corrected chi connectivity index (χ2v) is 3.61. The molecule has 0 unspecified atom stereocenters. The maximum absolute atomic E-state index is 11.1. The molecule has 86 valence electrons. The number of hydrogen-bond donors (Lipinski definition) is 1. The van der Waals surface area contributed by atoms with Gasteiger partial charge in [0.05, 0.1) is 11.6 Å². The maximum Gasteiger partial charge on any atom is 0.339 e. The molecule has 0 radical (unpaired) electrons. The fourth-order valence-corrected chi connectivity index (χ4v) is 1.38. The number of hydrogen-bond acceptors (Lipinski definition) is 3. The van der Waals surface area contributed by atoms with Crippen molar-refractivity contribution in [3.63, 3.8) is 0 Å². The number of nitriles is 1. The van der Waals surface area contributed by atoms with Crippen LogP contribution in [0.3, 0.4) is 0 Å². The first-order valence-corrected chi connectivity index (χ1v) is 4.92. The Balaban J connectivity index is 3.23. The largest absolute Gasteiger partial charge is 0.478 e. The molecule has 0 saturated heterocycles. The summed E-state index contributed by atoms with van der Waals surface area (Å²) in [4.78, 5) is 21.9. The van der Waals surface area contributed by atoms with Crippen LogP contribution in [0.5, 0.6) is 0 Å². The van der Waals surface area contributed by atoms with Gasteiger partial charge in [0.1, 0.15) is 5.57 Å². The number of ketones is 1. The maximum atomic E-state index is 11.1. The number of carbonyl (C=O) groups excluding carboxylic acids is 1. The van der Waals surface area contributed by atoms with Crippen LogP contribution < -0.4 is 0 Å². The number of Topliss-reactive ketones (excluding diaryl/α,β-unsaturated/α-hetero) is 1. The summed E-state index contributed by atoms with van der Waals surface area (Å²) in [5.41, 5.74) is 1.60. The standard InChI is InChI=1S/C13H11NO3/c1-8-5-10(3-4-11(8)7-14)6-12(9(2)15)13(16)17/h3-6H,1-2H3,(H,16,17)/b12-6-. The minimum absolute atomic E-state index is 0.269. The van der Waals surface area contributed by atoms with Gasteiger partial charge in [0, 0.05) is 0 Å². The number of carboxylic acid groups (broad SMARTS) is 1. The molecule has 4 heteroatoms. The first-order chi connectivity index (χ1) is 7.95. The van der Waals surface area contributed by atoms with Crippen molar-refractivity contribution in [2.45, 2.75) is 13.8 Å². The molecule has 0 fully saturated rings. The minimum Gasteiger partial charge on any atom is -0.478 e. The van der Waals surface area contributed by atoms with Crippen LogP contribution in [0.15, 0.2) is 23.8 Å². The summed E-state index contributed by atoms with van der Waals surface area (Å²) >= 11 is 0. The van der Waals surface area contributed by atoms with Crippen molar-refractivity contribution >= 4 is 17.8 Å². The lowest BCUT2D eigenvalue weighted by atomic mass is 10.0. The van der Waals surface area contributed by atoms with E-state index in [0.717, 1.165) is 5.56 Å². The van der Waals surface area contributed by atoms with E-state index in [1.54, 1.807) is 25.1 Å². The molecular weight excluding hydrogens is 218 g/mol. The van der Waals surface area contributed by atoms with Crippen LogP contribution >= 0.6 is 0 Å². The Bertz CT molecular complexity index is 534. The number of nitrogens with zero attached hydrogens (tertiary/aromatic N) is 1. The highest BCUT2D eigenvalue weighted by molar-refractivity contribution is 6.19. The average molecular weight is 229 g/mol.